The van der Waals surface area contributed by atoms with Crippen molar-refractivity contribution in [3.05, 3.63) is 34.8 Å². The van der Waals surface area contributed by atoms with Crippen molar-refractivity contribution in [1.29, 1.82) is 0 Å². The smallest absolute Gasteiger partial charge is 0.466 e. The van der Waals surface area contributed by atoms with E-state index in [1.807, 2.05) is 21.1 Å². The number of carbonyl (C=O) groups excluding carboxylic acids is 2. The Kier molecular flexibility index (Phi) is 25.4. The number of unbranched alkanes of at least 4 members (excludes halogenated alkanes) is 12. The zero-order chi connectivity index (χ0) is 41.2. The van der Waals surface area contributed by atoms with E-state index < -0.39 is 32.5 Å². The van der Waals surface area contributed by atoms with Gasteiger partial charge in [0.15, 0.2) is 6.10 Å². The topological polar surface area (TPSA) is 134 Å². The molecule has 0 aliphatic carbocycles. The Morgan fingerprint density at radius 2 is 1.38 bits per heavy atom. The van der Waals surface area contributed by atoms with E-state index >= 15 is 0 Å². The Balaban J connectivity index is 1.64. The maximum absolute atomic E-state index is 12.7. The lowest BCUT2D eigenvalue weighted by Crippen LogP contribution is -2.37. The normalized spacial score (nSPS) is 17.3. The molecule has 1 N–H and O–H groups in total. The number of quaternary nitrogens is 1. The minimum atomic E-state index is -4.39. The number of carbonyl (C=O) groups is 2. The van der Waals surface area contributed by atoms with E-state index in [4.69, 9.17) is 27.7 Å². The summed E-state index contributed by atoms with van der Waals surface area (Å²) in [6, 6.07) is 0. The van der Waals surface area contributed by atoms with Gasteiger partial charge in [-0.1, -0.05) is 90.2 Å². The number of phosphoric acid groups is 1. The second kappa shape index (κ2) is 28.4. The molecule has 2 heterocycles. The Morgan fingerprint density at radius 1 is 0.750 bits per heavy atom. The minimum absolute atomic E-state index is 0.0188. The highest BCUT2D eigenvalue weighted by molar-refractivity contribution is 7.47. The van der Waals surface area contributed by atoms with Crippen molar-refractivity contribution in [2.75, 3.05) is 47.5 Å². The number of hydrogen-bond donors (Lipinski definition) is 1. The summed E-state index contributed by atoms with van der Waals surface area (Å²) in [7, 11) is 1.43. The molecule has 2 rings (SSSR count). The highest BCUT2D eigenvalue weighted by Crippen LogP contribution is 2.43. The Labute approximate surface area is 339 Å². The van der Waals surface area contributed by atoms with Crippen LogP contribution in [0.25, 0.3) is 0 Å². The number of epoxide rings is 1. The number of hydrogen-bond acceptors (Lipinski definition) is 9. The number of nitrogens with zero attached hydrogens (tertiary/aromatic N) is 1. The van der Waals surface area contributed by atoms with Gasteiger partial charge in [0.25, 0.3) is 0 Å². The van der Waals surface area contributed by atoms with E-state index in [9.17, 15) is 19.0 Å². The average Bonchev–Trinajstić information content (AvgIpc) is 3.84. The van der Waals surface area contributed by atoms with Gasteiger partial charge in [0.2, 0.25) is 0 Å². The highest BCUT2D eigenvalue weighted by atomic mass is 31.2. The summed E-state index contributed by atoms with van der Waals surface area (Å²) >= 11 is 0. The van der Waals surface area contributed by atoms with Gasteiger partial charge in [0.1, 0.15) is 31.3 Å². The molecule has 0 spiro atoms. The van der Waals surface area contributed by atoms with Crippen LogP contribution in [0.3, 0.4) is 0 Å². The van der Waals surface area contributed by atoms with Gasteiger partial charge in [-0.05, 0) is 76.3 Å². The zero-order valence-corrected chi connectivity index (χ0v) is 37.2. The van der Waals surface area contributed by atoms with E-state index in [0.717, 1.165) is 101 Å². The first kappa shape index (κ1) is 50.1. The number of phosphoric ester groups is 1. The number of allylic oxidation sites excluding steroid dienone is 1. The minimum Gasteiger partial charge on any atom is -0.466 e. The molecule has 0 bridgehead atoms. The van der Waals surface area contributed by atoms with Crippen LogP contribution in [-0.4, -0.2) is 87.1 Å². The maximum atomic E-state index is 12.7. The number of likely N-dealkylation sites (N-methyl/N-ethyl adjacent to an activating group) is 1. The molecule has 56 heavy (non-hydrogen) atoms. The van der Waals surface area contributed by atoms with Crippen LogP contribution in [0.15, 0.2) is 16.6 Å². The number of esters is 2. The predicted octanol–water partition coefficient (Wildman–Crippen LogP) is 10.4. The molecule has 1 fully saturated rings. The average molecular weight is 813 g/mol. The lowest BCUT2D eigenvalue weighted by molar-refractivity contribution is -0.870. The molecule has 11 nitrogen and oxygen atoms in total. The molecule has 1 aromatic heterocycles. The molecule has 1 aliphatic heterocycles. The van der Waals surface area contributed by atoms with Crippen LogP contribution in [0.1, 0.15) is 165 Å². The van der Waals surface area contributed by atoms with Crippen LogP contribution in [0.5, 0.6) is 0 Å². The van der Waals surface area contributed by atoms with E-state index in [0.29, 0.717) is 36.1 Å². The predicted molar refractivity (Wildman–Crippen MR) is 223 cm³/mol. The third-order valence-corrected chi connectivity index (χ3v) is 11.4. The molecule has 0 aromatic carbocycles. The molecule has 0 radical (unpaired) electrons. The third-order valence-electron chi connectivity index (χ3n) is 10.4. The van der Waals surface area contributed by atoms with Gasteiger partial charge in [0.05, 0.1) is 40.0 Å². The molecular weight excluding hydrogens is 733 g/mol. The van der Waals surface area contributed by atoms with Crippen LogP contribution >= 0.6 is 7.82 Å². The lowest BCUT2D eigenvalue weighted by atomic mass is 10.0. The summed E-state index contributed by atoms with van der Waals surface area (Å²) in [6.07, 6.45) is 25.7. The molecular formula is C44H79NO10P+. The van der Waals surface area contributed by atoms with Gasteiger partial charge in [-0.2, -0.15) is 0 Å². The largest absolute Gasteiger partial charge is 0.472 e. The van der Waals surface area contributed by atoms with Crippen LogP contribution in [0, 0.1) is 13.8 Å². The van der Waals surface area contributed by atoms with Crippen molar-refractivity contribution in [2.45, 2.75) is 187 Å². The first-order valence-electron chi connectivity index (χ1n) is 21.9. The second-order valence-corrected chi connectivity index (χ2v) is 18.2. The summed E-state index contributed by atoms with van der Waals surface area (Å²) in [6.45, 7) is 8.53. The molecule has 324 valence electrons. The summed E-state index contributed by atoms with van der Waals surface area (Å²) in [5.74, 6) is 1.38. The maximum Gasteiger partial charge on any atom is 0.472 e. The fourth-order valence-corrected chi connectivity index (χ4v) is 7.34. The third kappa shape index (κ3) is 24.0. The van der Waals surface area contributed by atoms with Crippen molar-refractivity contribution in [2.24, 2.45) is 0 Å². The molecule has 12 heteroatoms. The quantitative estimate of drug-likeness (QED) is 0.0176. The van der Waals surface area contributed by atoms with Gasteiger partial charge in [0, 0.05) is 25.7 Å². The van der Waals surface area contributed by atoms with Crippen molar-refractivity contribution in [3.8, 4) is 0 Å². The zero-order valence-electron chi connectivity index (χ0n) is 36.3. The molecule has 4 atom stereocenters. The van der Waals surface area contributed by atoms with E-state index in [2.05, 4.69) is 39.8 Å². The SMILES string of the molecule is CCCCCC1OC1C/C=C\CCCCCCCC(=O)OC[C@H](COP(=O)(O)OCC[N+](C)(C)C)OC(=O)CCCCCCCCc1oc(CCC)c(C)c1C. The molecule has 0 amide bonds. The summed E-state index contributed by atoms with van der Waals surface area (Å²) < 4.78 is 46.2. The van der Waals surface area contributed by atoms with Crippen molar-refractivity contribution < 1.29 is 51.2 Å². The van der Waals surface area contributed by atoms with Crippen LogP contribution in [-0.2, 0) is 50.3 Å². The molecule has 1 aliphatic rings. The first-order chi connectivity index (χ1) is 26.7. The van der Waals surface area contributed by atoms with Gasteiger partial charge in [-0.3, -0.25) is 18.6 Å². The summed E-state index contributed by atoms with van der Waals surface area (Å²) in [5, 5.41) is 0. The Bertz CT molecular complexity index is 1310. The summed E-state index contributed by atoms with van der Waals surface area (Å²) in [4.78, 5) is 35.5. The molecule has 0 saturated carbocycles. The van der Waals surface area contributed by atoms with E-state index in [1.54, 1.807) is 0 Å². The number of ether oxygens (including phenoxy) is 3. The summed E-state index contributed by atoms with van der Waals surface area (Å²) in [5.41, 5.74) is 2.57. The standard InChI is InChI=1S/C44H78NO10P/c1-8-10-21-28-41-42(55-41)29-23-18-13-11-12-14-19-24-30-43(46)50-34-38(35-52-56(48,49)51-33-32-45(5,6)7)53-44(47)31-25-20-16-15-17-22-27-40-37(4)36(3)39(54-40)26-9-2/h18,23,38,41-42H,8-17,19-22,24-35H2,1-7H3/p+1/b23-18-/t38-,41?,42?/m1/s1. The van der Waals surface area contributed by atoms with Crippen molar-refractivity contribution >= 4 is 19.8 Å². The lowest BCUT2D eigenvalue weighted by Gasteiger charge is -2.24. The number of aryl methyl sites for hydroxylation is 2. The van der Waals surface area contributed by atoms with E-state index in [-0.39, 0.29) is 26.1 Å². The van der Waals surface area contributed by atoms with Crippen molar-refractivity contribution in [1.82, 2.24) is 0 Å². The molecule has 1 aromatic rings. The molecule has 3 unspecified atom stereocenters. The molecule has 1 saturated heterocycles. The van der Waals surface area contributed by atoms with Gasteiger partial charge < -0.3 is 28.0 Å². The van der Waals surface area contributed by atoms with Crippen LogP contribution < -0.4 is 0 Å². The first-order valence-corrected chi connectivity index (χ1v) is 23.4. The second-order valence-electron chi connectivity index (χ2n) is 16.7. The fraction of sp³-hybridized carbons (Fsp3) is 0.818. The van der Waals surface area contributed by atoms with Gasteiger partial charge in [-0.15, -0.1) is 0 Å². The Hall–Kier alpha value is -2.01. The van der Waals surface area contributed by atoms with Crippen molar-refractivity contribution in [3.63, 3.8) is 0 Å². The van der Waals surface area contributed by atoms with E-state index in [1.165, 1.54) is 36.8 Å². The van der Waals surface area contributed by atoms with Crippen LogP contribution in [0.4, 0.5) is 0 Å². The fourth-order valence-electron chi connectivity index (χ4n) is 6.60. The van der Waals surface area contributed by atoms with Crippen LogP contribution in [0.2, 0.25) is 0 Å². The number of rotatable bonds is 35. The van der Waals surface area contributed by atoms with Gasteiger partial charge in [-0.25, -0.2) is 4.57 Å². The van der Waals surface area contributed by atoms with Gasteiger partial charge >= 0.3 is 19.8 Å². The number of furan rings is 1. The highest BCUT2D eigenvalue weighted by Gasteiger charge is 2.36. The Morgan fingerprint density at radius 3 is 2.04 bits per heavy atom. The monoisotopic (exact) mass is 813 g/mol.